The Morgan fingerprint density at radius 2 is 2.00 bits per heavy atom. The number of amides is 1. The van der Waals surface area contributed by atoms with Gasteiger partial charge in [-0.05, 0) is 67.3 Å². The summed E-state index contributed by atoms with van der Waals surface area (Å²) in [6, 6.07) is 6.82. The lowest BCUT2D eigenvalue weighted by molar-refractivity contribution is -0.126. The highest BCUT2D eigenvalue weighted by atomic mass is 19.1. The van der Waals surface area contributed by atoms with Gasteiger partial charge in [-0.3, -0.25) is 9.78 Å². The predicted molar refractivity (Wildman–Crippen MR) is 89.6 cm³/mol. The van der Waals surface area contributed by atoms with Crippen LogP contribution in [0.5, 0.6) is 0 Å². The van der Waals surface area contributed by atoms with E-state index in [1.54, 1.807) is 19.2 Å². The zero-order valence-corrected chi connectivity index (χ0v) is 13.7. The van der Waals surface area contributed by atoms with Gasteiger partial charge in [0.05, 0.1) is 5.52 Å². The summed E-state index contributed by atoms with van der Waals surface area (Å²) >= 11 is 0. The van der Waals surface area contributed by atoms with Gasteiger partial charge in [0.2, 0.25) is 5.91 Å². The SMILES string of the molecule is CNC(=O)[C@H](C)C1CCC(c2ccnc3ccc(F)cc23)CC1. The van der Waals surface area contributed by atoms with E-state index < -0.39 is 0 Å². The van der Waals surface area contributed by atoms with E-state index in [0.29, 0.717) is 11.8 Å². The summed E-state index contributed by atoms with van der Waals surface area (Å²) in [6.45, 7) is 2.01. The molecule has 1 saturated carbocycles. The molecule has 23 heavy (non-hydrogen) atoms. The molecule has 1 amide bonds. The quantitative estimate of drug-likeness (QED) is 0.929. The van der Waals surface area contributed by atoms with Crippen molar-refractivity contribution in [2.75, 3.05) is 7.05 Å². The Bertz CT molecular complexity index is 708. The Hall–Kier alpha value is -1.97. The van der Waals surface area contributed by atoms with Crippen LogP contribution in [0.1, 0.15) is 44.1 Å². The molecule has 2 aromatic rings. The summed E-state index contributed by atoms with van der Waals surface area (Å²) < 4.78 is 13.6. The zero-order chi connectivity index (χ0) is 16.4. The van der Waals surface area contributed by atoms with Crippen molar-refractivity contribution >= 4 is 16.8 Å². The molecule has 1 N–H and O–H groups in total. The summed E-state index contributed by atoms with van der Waals surface area (Å²) in [6.07, 6.45) is 5.98. The van der Waals surface area contributed by atoms with Crippen molar-refractivity contribution in [2.24, 2.45) is 11.8 Å². The first kappa shape index (κ1) is 15.9. The van der Waals surface area contributed by atoms with Crippen LogP contribution in [-0.4, -0.2) is 17.9 Å². The van der Waals surface area contributed by atoms with Crippen LogP contribution >= 0.6 is 0 Å². The molecule has 122 valence electrons. The molecule has 4 heteroatoms. The summed E-state index contributed by atoms with van der Waals surface area (Å²) in [4.78, 5) is 16.1. The fourth-order valence-corrected chi connectivity index (χ4v) is 3.87. The minimum absolute atomic E-state index is 0.0626. The summed E-state index contributed by atoms with van der Waals surface area (Å²) in [7, 11) is 1.70. The molecule has 1 atom stereocenters. The average Bonchev–Trinajstić information content (AvgIpc) is 2.60. The molecular formula is C19H23FN2O. The number of carbonyl (C=O) groups excluding carboxylic acids is 1. The fraction of sp³-hybridized carbons (Fsp3) is 0.474. The Balaban J connectivity index is 1.78. The summed E-state index contributed by atoms with van der Waals surface area (Å²) in [5.74, 6) is 0.845. The monoisotopic (exact) mass is 314 g/mol. The normalized spacial score (nSPS) is 22.7. The number of nitrogens with one attached hydrogen (secondary N) is 1. The standard InChI is InChI=1S/C19H23FN2O/c1-12(19(23)21-2)13-3-5-14(6-4-13)16-9-10-22-18-8-7-15(20)11-17(16)18/h7-14H,3-6H2,1-2H3,(H,21,23)/t12-,13?,14?/m1/s1. The van der Waals surface area contributed by atoms with Gasteiger partial charge in [-0.15, -0.1) is 0 Å². The van der Waals surface area contributed by atoms with Crippen molar-refractivity contribution < 1.29 is 9.18 Å². The lowest BCUT2D eigenvalue weighted by atomic mass is 9.73. The topological polar surface area (TPSA) is 42.0 Å². The molecule has 0 unspecified atom stereocenters. The maximum absolute atomic E-state index is 13.6. The predicted octanol–water partition coefficient (Wildman–Crippen LogP) is 4.03. The van der Waals surface area contributed by atoms with Gasteiger partial charge in [-0.1, -0.05) is 6.92 Å². The van der Waals surface area contributed by atoms with Gasteiger partial charge in [0.15, 0.2) is 0 Å². The van der Waals surface area contributed by atoms with E-state index in [9.17, 15) is 9.18 Å². The van der Waals surface area contributed by atoms with Crippen LogP contribution in [0.4, 0.5) is 4.39 Å². The van der Waals surface area contributed by atoms with Gasteiger partial charge in [0.1, 0.15) is 5.82 Å². The number of rotatable bonds is 3. The smallest absolute Gasteiger partial charge is 0.222 e. The van der Waals surface area contributed by atoms with Crippen molar-refractivity contribution in [3.05, 3.63) is 41.8 Å². The molecule has 1 fully saturated rings. The number of fused-ring (bicyclic) bond motifs is 1. The molecular weight excluding hydrogens is 291 g/mol. The number of pyridine rings is 1. The third-order valence-corrected chi connectivity index (χ3v) is 5.32. The number of aromatic nitrogens is 1. The second kappa shape index (κ2) is 6.65. The fourth-order valence-electron chi connectivity index (χ4n) is 3.87. The molecule has 0 saturated heterocycles. The molecule has 0 radical (unpaired) electrons. The van der Waals surface area contributed by atoms with E-state index in [1.165, 1.54) is 11.6 Å². The van der Waals surface area contributed by atoms with Crippen LogP contribution in [0.3, 0.4) is 0 Å². The average molecular weight is 314 g/mol. The van der Waals surface area contributed by atoms with Crippen LogP contribution in [-0.2, 0) is 4.79 Å². The van der Waals surface area contributed by atoms with Crippen molar-refractivity contribution in [3.8, 4) is 0 Å². The largest absolute Gasteiger partial charge is 0.359 e. The van der Waals surface area contributed by atoms with Crippen LogP contribution in [0, 0.1) is 17.7 Å². The van der Waals surface area contributed by atoms with Crippen LogP contribution in [0.25, 0.3) is 10.9 Å². The summed E-state index contributed by atoms with van der Waals surface area (Å²) in [5.41, 5.74) is 2.05. The third kappa shape index (κ3) is 3.21. The summed E-state index contributed by atoms with van der Waals surface area (Å²) in [5, 5.41) is 3.67. The Kier molecular flexibility index (Phi) is 4.60. The minimum Gasteiger partial charge on any atom is -0.359 e. The van der Waals surface area contributed by atoms with E-state index in [4.69, 9.17) is 0 Å². The second-order valence-electron chi connectivity index (χ2n) is 6.58. The molecule has 3 rings (SSSR count). The first-order valence-corrected chi connectivity index (χ1v) is 8.36. The van der Waals surface area contributed by atoms with Crippen LogP contribution < -0.4 is 5.32 Å². The lowest BCUT2D eigenvalue weighted by Crippen LogP contribution is -2.32. The Morgan fingerprint density at radius 3 is 2.70 bits per heavy atom. The number of benzene rings is 1. The number of halogens is 1. The Labute approximate surface area is 136 Å². The van der Waals surface area contributed by atoms with Gasteiger partial charge in [0, 0.05) is 24.5 Å². The maximum Gasteiger partial charge on any atom is 0.222 e. The second-order valence-corrected chi connectivity index (χ2v) is 6.58. The molecule has 1 aromatic heterocycles. The van der Waals surface area contributed by atoms with Gasteiger partial charge < -0.3 is 5.32 Å². The molecule has 3 nitrogen and oxygen atoms in total. The Morgan fingerprint density at radius 1 is 1.26 bits per heavy atom. The van der Waals surface area contributed by atoms with Crippen molar-refractivity contribution in [1.82, 2.24) is 10.3 Å². The molecule has 1 aromatic carbocycles. The molecule has 0 aliphatic heterocycles. The lowest BCUT2D eigenvalue weighted by Gasteiger charge is -2.32. The van der Waals surface area contributed by atoms with Crippen molar-refractivity contribution in [2.45, 2.75) is 38.5 Å². The molecule has 1 heterocycles. The molecule has 1 aliphatic rings. The van der Waals surface area contributed by atoms with Gasteiger partial charge in [-0.25, -0.2) is 4.39 Å². The van der Waals surface area contributed by atoms with Crippen LogP contribution in [0.15, 0.2) is 30.5 Å². The van der Waals surface area contributed by atoms with Crippen molar-refractivity contribution in [1.29, 1.82) is 0 Å². The van der Waals surface area contributed by atoms with Gasteiger partial charge >= 0.3 is 0 Å². The number of carbonyl (C=O) groups is 1. The van der Waals surface area contributed by atoms with E-state index in [1.807, 2.05) is 19.2 Å². The van der Waals surface area contributed by atoms with E-state index in [2.05, 4.69) is 10.3 Å². The molecule has 0 bridgehead atoms. The minimum atomic E-state index is -0.214. The van der Waals surface area contributed by atoms with Crippen LogP contribution in [0.2, 0.25) is 0 Å². The molecule has 0 spiro atoms. The zero-order valence-electron chi connectivity index (χ0n) is 13.7. The van der Waals surface area contributed by atoms with Gasteiger partial charge in [0.25, 0.3) is 0 Å². The molecule has 1 aliphatic carbocycles. The first-order chi connectivity index (χ1) is 11.1. The third-order valence-electron chi connectivity index (χ3n) is 5.32. The number of hydrogen-bond acceptors (Lipinski definition) is 2. The van der Waals surface area contributed by atoms with Crippen molar-refractivity contribution in [3.63, 3.8) is 0 Å². The highest BCUT2D eigenvalue weighted by molar-refractivity contribution is 5.82. The number of nitrogens with zero attached hydrogens (tertiary/aromatic N) is 1. The highest BCUT2D eigenvalue weighted by Crippen LogP contribution is 2.40. The van der Waals surface area contributed by atoms with E-state index in [0.717, 1.165) is 36.6 Å². The van der Waals surface area contributed by atoms with Gasteiger partial charge in [-0.2, -0.15) is 0 Å². The number of hydrogen-bond donors (Lipinski definition) is 1. The van der Waals surface area contributed by atoms with E-state index >= 15 is 0 Å². The van der Waals surface area contributed by atoms with E-state index in [-0.39, 0.29) is 17.6 Å². The maximum atomic E-state index is 13.6. The highest BCUT2D eigenvalue weighted by Gasteiger charge is 2.29. The first-order valence-electron chi connectivity index (χ1n) is 8.36.